The number of aromatic nitrogens is 3. The van der Waals surface area contributed by atoms with E-state index >= 15 is 0 Å². The molecule has 0 spiro atoms. The van der Waals surface area contributed by atoms with Gasteiger partial charge >= 0.3 is 0 Å². The van der Waals surface area contributed by atoms with Gasteiger partial charge in [-0.3, -0.25) is 0 Å². The molecule has 0 saturated heterocycles. The molecular formula is C14H18N3O2-. The Kier molecular flexibility index (Phi) is 3.55. The predicted molar refractivity (Wildman–Crippen MR) is 70.7 cm³/mol. The van der Waals surface area contributed by atoms with Crippen LogP contribution in [0.15, 0.2) is 6.20 Å². The van der Waals surface area contributed by atoms with Crippen molar-refractivity contribution in [2.45, 2.75) is 46.6 Å². The number of hydrogen-bond acceptors (Lipinski definition) is 4. The van der Waals surface area contributed by atoms with Crippen molar-refractivity contribution < 1.29 is 9.90 Å². The average Bonchev–Trinajstić information content (AvgIpc) is 2.72. The van der Waals surface area contributed by atoms with E-state index in [9.17, 15) is 9.90 Å². The smallest absolute Gasteiger partial charge is 0.158 e. The summed E-state index contributed by atoms with van der Waals surface area (Å²) in [5, 5.41) is 16.0. The van der Waals surface area contributed by atoms with Crippen molar-refractivity contribution in [2.24, 2.45) is 0 Å². The van der Waals surface area contributed by atoms with Gasteiger partial charge in [-0.1, -0.05) is 0 Å². The lowest BCUT2D eigenvalue weighted by atomic mass is 10.0. The van der Waals surface area contributed by atoms with Gasteiger partial charge in [-0.2, -0.15) is 5.10 Å². The summed E-state index contributed by atoms with van der Waals surface area (Å²) in [7, 11) is 0. The summed E-state index contributed by atoms with van der Waals surface area (Å²) in [5.74, 6) is -1.03. The van der Waals surface area contributed by atoms with E-state index in [0.29, 0.717) is 6.42 Å². The maximum absolute atomic E-state index is 10.6. The lowest BCUT2D eigenvalue weighted by Crippen LogP contribution is -2.22. The van der Waals surface area contributed by atoms with E-state index in [1.807, 2.05) is 18.5 Å². The van der Waals surface area contributed by atoms with E-state index in [1.165, 1.54) is 0 Å². The van der Waals surface area contributed by atoms with Crippen LogP contribution in [-0.2, 0) is 11.2 Å². The number of nitrogens with zero attached hydrogens (tertiary/aromatic N) is 3. The van der Waals surface area contributed by atoms with Gasteiger partial charge in [0.1, 0.15) is 0 Å². The van der Waals surface area contributed by atoms with Crippen molar-refractivity contribution in [3.05, 3.63) is 23.0 Å². The van der Waals surface area contributed by atoms with Crippen molar-refractivity contribution >= 4 is 17.0 Å². The molecule has 0 aliphatic rings. The number of fused-ring (bicyclic) bond motifs is 1. The Balaban J connectivity index is 2.54. The third-order valence-corrected chi connectivity index (χ3v) is 3.40. The first kappa shape index (κ1) is 13.5. The molecule has 0 aliphatic carbocycles. The number of pyridine rings is 1. The van der Waals surface area contributed by atoms with Crippen LogP contribution in [0.25, 0.3) is 11.0 Å². The van der Waals surface area contributed by atoms with E-state index in [1.54, 1.807) is 6.20 Å². The van der Waals surface area contributed by atoms with Crippen molar-refractivity contribution in [1.29, 1.82) is 0 Å². The lowest BCUT2D eigenvalue weighted by Gasteiger charge is -2.12. The molecule has 2 aromatic rings. The molecule has 0 unspecified atom stereocenters. The van der Waals surface area contributed by atoms with Gasteiger partial charge in [0.05, 0.1) is 6.20 Å². The minimum Gasteiger partial charge on any atom is -0.550 e. The Morgan fingerprint density at radius 1 is 1.42 bits per heavy atom. The second kappa shape index (κ2) is 4.99. The topological polar surface area (TPSA) is 70.8 Å². The van der Waals surface area contributed by atoms with Gasteiger partial charge in [0.15, 0.2) is 5.65 Å². The number of carbonyl (C=O) groups excluding carboxylic acids is 1. The summed E-state index contributed by atoms with van der Waals surface area (Å²) >= 11 is 0. The average molecular weight is 260 g/mol. The predicted octanol–water partition coefficient (Wildman–Crippen LogP) is 1.31. The van der Waals surface area contributed by atoms with Crippen LogP contribution in [0.1, 0.15) is 43.1 Å². The number of rotatable bonds is 4. The Morgan fingerprint density at radius 3 is 2.68 bits per heavy atom. The maximum Gasteiger partial charge on any atom is 0.158 e. The molecule has 0 aliphatic heterocycles. The molecule has 2 heterocycles. The molecule has 102 valence electrons. The van der Waals surface area contributed by atoms with Crippen LogP contribution in [0.3, 0.4) is 0 Å². The van der Waals surface area contributed by atoms with E-state index < -0.39 is 5.97 Å². The van der Waals surface area contributed by atoms with Gasteiger partial charge in [0.25, 0.3) is 0 Å². The van der Waals surface area contributed by atoms with Crippen molar-refractivity contribution in [3.63, 3.8) is 0 Å². The molecule has 0 N–H and O–H groups in total. The maximum atomic E-state index is 10.6. The fourth-order valence-electron chi connectivity index (χ4n) is 2.37. The van der Waals surface area contributed by atoms with Crippen LogP contribution < -0.4 is 5.11 Å². The van der Waals surface area contributed by atoms with Crippen molar-refractivity contribution in [1.82, 2.24) is 14.8 Å². The van der Waals surface area contributed by atoms with Gasteiger partial charge in [-0.15, -0.1) is 0 Å². The van der Waals surface area contributed by atoms with E-state index in [4.69, 9.17) is 0 Å². The van der Waals surface area contributed by atoms with Crippen LogP contribution >= 0.6 is 0 Å². The summed E-state index contributed by atoms with van der Waals surface area (Å²) in [4.78, 5) is 15.2. The molecule has 0 saturated carbocycles. The first-order valence-electron chi connectivity index (χ1n) is 6.45. The summed E-state index contributed by atoms with van der Waals surface area (Å²) < 4.78 is 1.89. The van der Waals surface area contributed by atoms with Crippen LogP contribution in [-0.4, -0.2) is 20.7 Å². The Labute approximate surface area is 112 Å². The normalized spacial score (nSPS) is 11.4. The Bertz CT molecular complexity index is 629. The first-order chi connectivity index (χ1) is 8.91. The van der Waals surface area contributed by atoms with Gasteiger partial charge in [-0.05, 0) is 51.7 Å². The van der Waals surface area contributed by atoms with Gasteiger partial charge in [-0.25, -0.2) is 9.67 Å². The molecule has 0 fully saturated rings. The monoisotopic (exact) mass is 260 g/mol. The highest BCUT2D eigenvalue weighted by molar-refractivity contribution is 5.80. The molecule has 0 radical (unpaired) electrons. The van der Waals surface area contributed by atoms with Gasteiger partial charge < -0.3 is 9.90 Å². The molecule has 5 nitrogen and oxygen atoms in total. The first-order valence-corrected chi connectivity index (χ1v) is 6.45. The van der Waals surface area contributed by atoms with Crippen LogP contribution in [0.4, 0.5) is 0 Å². The molecular weight excluding hydrogens is 242 g/mol. The molecule has 0 amide bonds. The number of carboxylic acids is 1. The molecule has 0 aromatic carbocycles. The quantitative estimate of drug-likeness (QED) is 0.831. The van der Waals surface area contributed by atoms with E-state index in [2.05, 4.69) is 23.9 Å². The zero-order valence-electron chi connectivity index (χ0n) is 11.7. The molecule has 2 aromatic heterocycles. The fourth-order valence-corrected chi connectivity index (χ4v) is 2.37. The molecule has 19 heavy (non-hydrogen) atoms. The van der Waals surface area contributed by atoms with Gasteiger partial charge in [0, 0.05) is 23.1 Å². The Hall–Kier alpha value is -1.91. The third-order valence-electron chi connectivity index (χ3n) is 3.40. The fraction of sp³-hybridized carbons (Fsp3) is 0.500. The van der Waals surface area contributed by atoms with Crippen molar-refractivity contribution in [3.8, 4) is 0 Å². The van der Waals surface area contributed by atoms with Crippen LogP contribution in [0.2, 0.25) is 0 Å². The minimum absolute atomic E-state index is 0.0210. The summed E-state index contributed by atoms with van der Waals surface area (Å²) in [6, 6.07) is 0.248. The van der Waals surface area contributed by atoms with E-state index in [0.717, 1.165) is 27.9 Å². The van der Waals surface area contributed by atoms with Crippen molar-refractivity contribution in [2.75, 3.05) is 0 Å². The third kappa shape index (κ3) is 2.45. The second-order valence-electron chi connectivity index (χ2n) is 5.09. The highest BCUT2D eigenvalue weighted by Gasteiger charge is 2.14. The number of carbonyl (C=O) groups is 1. The van der Waals surface area contributed by atoms with Crippen LogP contribution in [0.5, 0.6) is 0 Å². The zero-order chi connectivity index (χ0) is 14.2. The molecule has 5 heteroatoms. The number of aryl methyl sites for hydroxylation is 2. The Morgan fingerprint density at radius 2 is 2.11 bits per heavy atom. The summed E-state index contributed by atoms with van der Waals surface area (Å²) in [6.45, 7) is 8.02. The summed E-state index contributed by atoms with van der Waals surface area (Å²) in [6.07, 6.45) is 2.28. The van der Waals surface area contributed by atoms with E-state index in [-0.39, 0.29) is 12.5 Å². The highest BCUT2D eigenvalue weighted by atomic mass is 16.4. The molecule has 0 bridgehead atoms. The largest absolute Gasteiger partial charge is 0.550 e. The minimum atomic E-state index is -1.03. The van der Waals surface area contributed by atoms with Gasteiger partial charge in [0.2, 0.25) is 0 Å². The number of carboxylic acid groups (broad SMARTS) is 1. The number of hydrogen-bond donors (Lipinski definition) is 0. The van der Waals surface area contributed by atoms with Crippen LogP contribution in [0, 0.1) is 13.8 Å². The number of aliphatic carboxylic acids is 1. The lowest BCUT2D eigenvalue weighted by molar-refractivity contribution is -0.305. The zero-order valence-corrected chi connectivity index (χ0v) is 11.7. The molecule has 0 atom stereocenters. The molecule has 2 rings (SSSR count). The SMILES string of the molecule is Cc1nc2c(cnn2C(C)C)c(C)c1CCC(=O)[O-]. The summed E-state index contributed by atoms with van der Waals surface area (Å²) in [5.41, 5.74) is 3.78. The standard InChI is InChI=1S/C14H19N3O2/c1-8(2)17-14-12(7-15-17)9(3)11(10(4)16-14)5-6-13(18)19/h7-8H,5-6H2,1-4H3,(H,18,19)/p-1. The highest BCUT2D eigenvalue weighted by Crippen LogP contribution is 2.25. The second-order valence-corrected chi connectivity index (χ2v) is 5.09.